The van der Waals surface area contributed by atoms with Gasteiger partial charge in [0.2, 0.25) is 0 Å². The van der Waals surface area contributed by atoms with Crippen LogP contribution in [0.15, 0.2) is 54.2 Å². The predicted molar refractivity (Wildman–Crippen MR) is 115 cm³/mol. The molecule has 7 heteroatoms. The molecule has 0 saturated carbocycles. The Morgan fingerprint density at radius 1 is 1.03 bits per heavy atom. The number of amides is 2. The van der Waals surface area contributed by atoms with Crippen LogP contribution in [-0.2, 0) is 14.3 Å². The van der Waals surface area contributed by atoms with E-state index in [9.17, 15) is 9.59 Å². The van der Waals surface area contributed by atoms with Gasteiger partial charge in [0.15, 0.2) is 0 Å². The highest BCUT2D eigenvalue weighted by Gasteiger charge is 2.42. The monoisotopic (exact) mass is 426 g/mol. The van der Waals surface area contributed by atoms with Crippen molar-refractivity contribution >= 4 is 34.7 Å². The molecule has 0 aliphatic carbocycles. The van der Waals surface area contributed by atoms with Gasteiger partial charge >= 0.3 is 0 Å². The normalized spacial score (nSPS) is 17.1. The van der Waals surface area contributed by atoms with E-state index in [2.05, 4.69) is 0 Å². The summed E-state index contributed by atoms with van der Waals surface area (Å²) >= 11 is 6.11. The highest BCUT2D eigenvalue weighted by atomic mass is 35.5. The Morgan fingerprint density at radius 3 is 2.43 bits per heavy atom. The zero-order valence-electron chi connectivity index (χ0n) is 16.8. The smallest absolute Gasteiger partial charge is 0.282 e. The summed E-state index contributed by atoms with van der Waals surface area (Å²) in [4.78, 5) is 30.0. The van der Waals surface area contributed by atoms with Crippen molar-refractivity contribution in [3.8, 4) is 5.75 Å². The summed E-state index contributed by atoms with van der Waals surface area (Å²) in [7, 11) is 0. The van der Waals surface area contributed by atoms with Gasteiger partial charge in [-0.05, 0) is 42.3 Å². The number of benzene rings is 2. The number of rotatable bonds is 6. The number of nitrogens with zero attached hydrogens (tertiary/aromatic N) is 2. The van der Waals surface area contributed by atoms with Crippen molar-refractivity contribution in [3.63, 3.8) is 0 Å². The van der Waals surface area contributed by atoms with Gasteiger partial charge in [0.05, 0.1) is 31.1 Å². The summed E-state index contributed by atoms with van der Waals surface area (Å²) in [6.45, 7) is 4.80. The van der Waals surface area contributed by atoms with E-state index in [0.717, 1.165) is 12.2 Å². The van der Waals surface area contributed by atoms with Crippen LogP contribution in [0.2, 0.25) is 5.02 Å². The first kappa shape index (κ1) is 20.4. The molecule has 6 nitrogen and oxygen atoms in total. The lowest BCUT2D eigenvalue weighted by atomic mass is 10.0. The number of hydrogen-bond acceptors (Lipinski definition) is 5. The van der Waals surface area contributed by atoms with Crippen molar-refractivity contribution in [2.75, 3.05) is 37.8 Å². The van der Waals surface area contributed by atoms with Crippen LogP contribution in [0.4, 0.5) is 5.69 Å². The maximum absolute atomic E-state index is 13.5. The van der Waals surface area contributed by atoms with Gasteiger partial charge in [-0.2, -0.15) is 0 Å². The lowest BCUT2D eigenvalue weighted by Crippen LogP contribution is -2.40. The fourth-order valence-corrected chi connectivity index (χ4v) is 3.83. The van der Waals surface area contributed by atoms with Crippen molar-refractivity contribution in [3.05, 3.63) is 64.8 Å². The van der Waals surface area contributed by atoms with Crippen molar-refractivity contribution < 1.29 is 19.1 Å². The van der Waals surface area contributed by atoms with Gasteiger partial charge in [0.25, 0.3) is 11.8 Å². The molecule has 0 bridgehead atoms. The first-order chi connectivity index (χ1) is 14.6. The highest BCUT2D eigenvalue weighted by molar-refractivity contribution is 6.45. The summed E-state index contributed by atoms with van der Waals surface area (Å²) in [6.07, 6.45) is 0.912. The van der Waals surface area contributed by atoms with E-state index in [-0.39, 0.29) is 11.8 Å². The number of imide groups is 1. The average molecular weight is 427 g/mol. The molecule has 0 aromatic heterocycles. The molecule has 0 radical (unpaired) electrons. The molecule has 0 N–H and O–H groups in total. The number of hydrogen-bond donors (Lipinski definition) is 0. The summed E-state index contributed by atoms with van der Waals surface area (Å²) in [5, 5.41) is 0.465. The quantitative estimate of drug-likeness (QED) is 0.658. The molecule has 4 rings (SSSR count). The van der Waals surface area contributed by atoms with Crippen LogP contribution < -0.4 is 9.64 Å². The third-order valence-corrected chi connectivity index (χ3v) is 5.30. The molecule has 0 unspecified atom stereocenters. The van der Waals surface area contributed by atoms with Crippen LogP contribution in [0.3, 0.4) is 0 Å². The fraction of sp³-hybridized carbons (Fsp3) is 0.304. The van der Waals surface area contributed by atoms with Gasteiger partial charge < -0.3 is 14.4 Å². The van der Waals surface area contributed by atoms with Crippen molar-refractivity contribution in [1.82, 2.24) is 4.90 Å². The number of carbonyl (C=O) groups excluding carboxylic acids is 2. The summed E-state index contributed by atoms with van der Waals surface area (Å²) in [6, 6.07) is 14.1. The van der Waals surface area contributed by atoms with Crippen LogP contribution in [0, 0.1) is 0 Å². The zero-order valence-corrected chi connectivity index (χ0v) is 17.5. The molecule has 2 aliphatic heterocycles. The maximum atomic E-state index is 13.5. The fourth-order valence-electron chi connectivity index (χ4n) is 3.65. The molecule has 2 aliphatic rings. The van der Waals surface area contributed by atoms with Gasteiger partial charge in [-0.3, -0.25) is 9.59 Å². The van der Waals surface area contributed by atoms with Crippen molar-refractivity contribution in [1.29, 1.82) is 0 Å². The second-order valence-corrected chi connectivity index (χ2v) is 7.56. The molecule has 2 aromatic carbocycles. The summed E-state index contributed by atoms with van der Waals surface area (Å²) < 4.78 is 11.1. The molecule has 0 spiro atoms. The van der Waals surface area contributed by atoms with Crippen LogP contribution in [0.1, 0.15) is 18.9 Å². The van der Waals surface area contributed by atoms with E-state index >= 15 is 0 Å². The number of anilines is 1. The second kappa shape index (κ2) is 8.90. The molecule has 30 heavy (non-hydrogen) atoms. The van der Waals surface area contributed by atoms with E-state index in [1.807, 2.05) is 36.1 Å². The lowest BCUT2D eigenvalue weighted by molar-refractivity contribution is -0.121. The van der Waals surface area contributed by atoms with Crippen molar-refractivity contribution in [2.45, 2.75) is 13.3 Å². The molecule has 1 saturated heterocycles. The Morgan fingerprint density at radius 2 is 1.77 bits per heavy atom. The minimum absolute atomic E-state index is 0.342. The van der Waals surface area contributed by atoms with E-state index in [4.69, 9.17) is 21.1 Å². The Balaban J connectivity index is 1.75. The van der Waals surface area contributed by atoms with Gasteiger partial charge in [0, 0.05) is 18.1 Å². The Hall–Kier alpha value is -2.83. The van der Waals surface area contributed by atoms with E-state index in [1.54, 1.807) is 24.3 Å². The highest BCUT2D eigenvalue weighted by Crippen LogP contribution is 2.36. The Bertz CT molecular complexity index is 981. The topological polar surface area (TPSA) is 59.1 Å². The standard InChI is InChI=1S/C23H23ClN2O4/c1-2-12-30-19-8-6-16(7-9-19)20-21(25-10-13-29-14-11-25)23(28)26(22(20)27)18-5-3-4-17(24)15-18/h3-9,15H,2,10-14H2,1H3. The second-order valence-electron chi connectivity index (χ2n) is 7.12. The number of ether oxygens (including phenoxy) is 2. The molecule has 1 fully saturated rings. The van der Waals surface area contributed by atoms with E-state index in [0.29, 0.717) is 60.5 Å². The van der Waals surface area contributed by atoms with Crippen molar-refractivity contribution in [2.24, 2.45) is 0 Å². The minimum atomic E-state index is -0.356. The van der Waals surface area contributed by atoms with Crippen LogP contribution in [-0.4, -0.2) is 49.6 Å². The first-order valence-corrected chi connectivity index (χ1v) is 10.4. The Labute approximate surface area is 180 Å². The van der Waals surface area contributed by atoms with E-state index < -0.39 is 0 Å². The zero-order chi connectivity index (χ0) is 21.1. The van der Waals surface area contributed by atoms with Gasteiger partial charge in [-0.1, -0.05) is 36.7 Å². The minimum Gasteiger partial charge on any atom is -0.494 e. The molecule has 2 amide bonds. The molecule has 156 valence electrons. The predicted octanol–water partition coefficient (Wildman–Crippen LogP) is 3.75. The van der Waals surface area contributed by atoms with Crippen LogP contribution in [0.5, 0.6) is 5.75 Å². The molecular weight excluding hydrogens is 404 g/mol. The summed E-state index contributed by atoms with van der Waals surface area (Å²) in [5.74, 6) is 0.0362. The molecule has 0 atom stereocenters. The largest absolute Gasteiger partial charge is 0.494 e. The lowest BCUT2D eigenvalue weighted by Gasteiger charge is -2.29. The average Bonchev–Trinajstić information content (AvgIpc) is 3.03. The number of morpholine rings is 1. The number of carbonyl (C=O) groups is 2. The van der Waals surface area contributed by atoms with Gasteiger partial charge in [-0.15, -0.1) is 0 Å². The van der Waals surface area contributed by atoms with E-state index in [1.165, 1.54) is 4.90 Å². The third-order valence-electron chi connectivity index (χ3n) is 5.07. The summed E-state index contributed by atoms with van der Waals surface area (Å²) in [5.41, 5.74) is 1.94. The molecular formula is C23H23ClN2O4. The third kappa shape index (κ3) is 3.93. The van der Waals surface area contributed by atoms with Crippen LogP contribution >= 0.6 is 11.6 Å². The van der Waals surface area contributed by atoms with Gasteiger partial charge in [0.1, 0.15) is 11.4 Å². The molecule has 2 aromatic rings. The molecule has 2 heterocycles. The Kier molecular flexibility index (Phi) is 6.06. The van der Waals surface area contributed by atoms with Crippen LogP contribution in [0.25, 0.3) is 5.57 Å². The maximum Gasteiger partial charge on any atom is 0.282 e. The first-order valence-electron chi connectivity index (χ1n) is 10.0. The SMILES string of the molecule is CCCOc1ccc(C2=C(N3CCOCC3)C(=O)N(c3cccc(Cl)c3)C2=O)cc1. The van der Waals surface area contributed by atoms with Gasteiger partial charge in [-0.25, -0.2) is 4.90 Å². The number of halogens is 1.